The summed E-state index contributed by atoms with van der Waals surface area (Å²) in [4.78, 5) is 23.2. The molecule has 1 atom stereocenters. The Morgan fingerprint density at radius 1 is 1.47 bits per heavy atom. The SMILES string of the molecule is O=C(CSc1nnnn1C1CC1)NC1CCSC1=O. The van der Waals surface area contributed by atoms with Crippen molar-refractivity contribution in [1.29, 1.82) is 0 Å². The minimum Gasteiger partial charge on any atom is -0.345 e. The number of nitrogens with zero attached hydrogens (tertiary/aromatic N) is 4. The Balaban J connectivity index is 1.50. The molecular weight excluding hydrogens is 286 g/mol. The van der Waals surface area contributed by atoms with Crippen molar-refractivity contribution in [2.45, 2.75) is 36.5 Å². The predicted molar refractivity (Wildman–Crippen MR) is 70.8 cm³/mol. The predicted octanol–water partition coefficient (Wildman–Crippen LogP) is 0.248. The fourth-order valence-corrected chi connectivity index (χ4v) is 3.51. The number of carbonyl (C=O) groups is 2. The molecule has 2 fully saturated rings. The van der Waals surface area contributed by atoms with Crippen LogP contribution in [-0.2, 0) is 9.59 Å². The molecule has 0 spiro atoms. The Labute approximate surface area is 118 Å². The third-order valence-electron chi connectivity index (χ3n) is 2.96. The Morgan fingerprint density at radius 2 is 2.32 bits per heavy atom. The van der Waals surface area contributed by atoms with E-state index in [2.05, 4.69) is 20.8 Å². The van der Waals surface area contributed by atoms with Crippen molar-refractivity contribution in [3.05, 3.63) is 0 Å². The molecule has 2 heterocycles. The van der Waals surface area contributed by atoms with E-state index in [1.807, 2.05) is 0 Å². The highest BCUT2D eigenvalue weighted by Crippen LogP contribution is 2.36. The zero-order valence-corrected chi connectivity index (χ0v) is 11.7. The van der Waals surface area contributed by atoms with Gasteiger partial charge in [-0.2, -0.15) is 0 Å². The average molecular weight is 299 g/mol. The molecule has 2 aliphatic rings. The first-order chi connectivity index (χ1) is 9.24. The lowest BCUT2D eigenvalue weighted by atomic mass is 10.2. The lowest BCUT2D eigenvalue weighted by Gasteiger charge is -2.09. The van der Waals surface area contributed by atoms with E-state index in [4.69, 9.17) is 0 Å². The number of thioether (sulfide) groups is 2. The molecule has 9 heteroatoms. The van der Waals surface area contributed by atoms with Gasteiger partial charge in [-0.25, -0.2) is 4.68 Å². The van der Waals surface area contributed by atoms with Gasteiger partial charge in [0.2, 0.25) is 16.2 Å². The van der Waals surface area contributed by atoms with Crippen molar-refractivity contribution in [3.63, 3.8) is 0 Å². The maximum Gasteiger partial charge on any atom is 0.231 e. The van der Waals surface area contributed by atoms with Crippen LogP contribution in [0.2, 0.25) is 0 Å². The number of hydrogen-bond acceptors (Lipinski definition) is 7. The Kier molecular flexibility index (Phi) is 3.74. The molecule has 19 heavy (non-hydrogen) atoms. The Bertz CT molecular complexity index is 502. The highest BCUT2D eigenvalue weighted by molar-refractivity contribution is 8.14. The fourth-order valence-electron chi connectivity index (χ4n) is 1.82. The second-order valence-electron chi connectivity index (χ2n) is 4.50. The minimum absolute atomic E-state index is 0.0566. The summed E-state index contributed by atoms with van der Waals surface area (Å²) in [7, 11) is 0. The number of amides is 1. The normalized spacial score (nSPS) is 22.7. The summed E-state index contributed by atoms with van der Waals surface area (Å²) in [6.45, 7) is 0. The molecule has 1 aliphatic carbocycles. The van der Waals surface area contributed by atoms with Crippen LogP contribution >= 0.6 is 23.5 Å². The molecule has 1 aromatic rings. The van der Waals surface area contributed by atoms with Crippen LogP contribution < -0.4 is 5.32 Å². The van der Waals surface area contributed by atoms with Crippen molar-refractivity contribution in [2.24, 2.45) is 0 Å². The largest absolute Gasteiger partial charge is 0.345 e. The zero-order valence-electron chi connectivity index (χ0n) is 10.1. The summed E-state index contributed by atoms with van der Waals surface area (Å²) in [5.74, 6) is 0.884. The molecule has 1 unspecified atom stereocenters. The second-order valence-corrected chi connectivity index (χ2v) is 6.54. The van der Waals surface area contributed by atoms with E-state index < -0.39 is 0 Å². The van der Waals surface area contributed by atoms with Gasteiger partial charge in [0, 0.05) is 5.75 Å². The molecule has 0 radical (unpaired) electrons. The molecule has 1 saturated carbocycles. The van der Waals surface area contributed by atoms with E-state index in [1.165, 1.54) is 23.5 Å². The highest BCUT2D eigenvalue weighted by Gasteiger charge is 2.29. The van der Waals surface area contributed by atoms with Gasteiger partial charge in [0.05, 0.1) is 17.8 Å². The van der Waals surface area contributed by atoms with Crippen LogP contribution in [0.5, 0.6) is 0 Å². The topological polar surface area (TPSA) is 89.8 Å². The molecule has 1 N–H and O–H groups in total. The summed E-state index contributed by atoms with van der Waals surface area (Å²) in [5.41, 5.74) is 0. The van der Waals surface area contributed by atoms with Crippen LogP contribution in [0.1, 0.15) is 25.3 Å². The van der Waals surface area contributed by atoms with Gasteiger partial charge in [-0.05, 0) is 29.7 Å². The zero-order chi connectivity index (χ0) is 13.2. The average Bonchev–Trinajstić information content (AvgIpc) is 3.00. The molecule has 1 amide bonds. The second kappa shape index (κ2) is 5.49. The summed E-state index contributed by atoms with van der Waals surface area (Å²) >= 11 is 2.59. The first-order valence-corrected chi connectivity index (χ1v) is 8.08. The number of tetrazole rings is 1. The van der Waals surface area contributed by atoms with Gasteiger partial charge in [0.15, 0.2) is 0 Å². The maximum atomic E-state index is 11.8. The van der Waals surface area contributed by atoms with Gasteiger partial charge in [-0.3, -0.25) is 9.59 Å². The number of nitrogens with one attached hydrogen (secondary N) is 1. The number of rotatable bonds is 5. The van der Waals surface area contributed by atoms with Gasteiger partial charge in [0.25, 0.3) is 0 Å². The van der Waals surface area contributed by atoms with Crippen molar-refractivity contribution < 1.29 is 9.59 Å². The van der Waals surface area contributed by atoms with Crippen LogP contribution in [0.25, 0.3) is 0 Å². The van der Waals surface area contributed by atoms with E-state index in [-0.39, 0.29) is 22.8 Å². The molecule has 3 rings (SSSR count). The monoisotopic (exact) mass is 299 g/mol. The smallest absolute Gasteiger partial charge is 0.231 e. The van der Waals surface area contributed by atoms with Crippen molar-refractivity contribution in [2.75, 3.05) is 11.5 Å². The van der Waals surface area contributed by atoms with E-state index in [0.717, 1.165) is 25.0 Å². The molecule has 102 valence electrons. The maximum absolute atomic E-state index is 11.8. The molecule has 1 saturated heterocycles. The van der Waals surface area contributed by atoms with Crippen LogP contribution in [0, 0.1) is 0 Å². The Hall–Kier alpha value is -1.09. The first-order valence-electron chi connectivity index (χ1n) is 6.10. The van der Waals surface area contributed by atoms with E-state index in [0.29, 0.717) is 11.2 Å². The van der Waals surface area contributed by atoms with Crippen LogP contribution in [0.4, 0.5) is 0 Å². The molecule has 1 aromatic heterocycles. The fraction of sp³-hybridized carbons (Fsp3) is 0.700. The third-order valence-corrected chi connectivity index (χ3v) is 4.90. The number of aromatic nitrogens is 4. The summed E-state index contributed by atoms with van der Waals surface area (Å²) in [5, 5.41) is 14.9. The van der Waals surface area contributed by atoms with Crippen molar-refractivity contribution in [3.8, 4) is 0 Å². The summed E-state index contributed by atoms with van der Waals surface area (Å²) in [6.07, 6.45) is 2.91. The highest BCUT2D eigenvalue weighted by atomic mass is 32.2. The molecule has 0 aromatic carbocycles. The molecule has 7 nitrogen and oxygen atoms in total. The van der Waals surface area contributed by atoms with E-state index >= 15 is 0 Å². The van der Waals surface area contributed by atoms with Crippen molar-refractivity contribution in [1.82, 2.24) is 25.5 Å². The molecule has 0 bridgehead atoms. The van der Waals surface area contributed by atoms with Crippen LogP contribution in [0.3, 0.4) is 0 Å². The molecular formula is C10H13N5O2S2. The van der Waals surface area contributed by atoms with E-state index in [9.17, 15) is 9.59 Å². The van der Waals surface area contributed by atoms with Crippen LogP contribution in [0.15, 0.2) is 5.16 Å². The van der Waals surface area contributed by atoms with Crippen LogP contribution in [-0.4, -0.2) is 48.8 Å². The van der Waals surface area contributed by atoms with Gasteiger partial charge in [-0.15, -0.1) is 5.10 Å². The van der Waals surface area contributed by atoms with Gasteiger partial charge < -0.3 is 5.32 Å². The number of hydrogen-bond donors (Lipinski definition) is 1. The first kappa shape index (κ1) is 12.9. The van der Waals surface area contributed by atoms with Gasteiger partial charge >= 0.3 is 0 Å². The van der Waals surface area contributed by atoms with Gasteiger partial charge in [-0.1, -0.05) is 23.5 Å². The lowest BCUT2D eigenvalue weighted by molar-refractivity contribution is -0.122. The summed E-state index contributed by atoms with van der Waals surface area (Å²) in [6, 6.07) is 0.0749. The van der Waals surface area contributed by atoms with Crippen molar-refractivity contribution >= 4 is 34.5 Å². The van der Waals surface area contributed by atoms with E-state index in [1.54, 1.807) is 4.68 Å². The van der Waals surface area contributed by atoms with Gasteiger partial charge in [0.1, 0.15) is 0 Å². The molecule has 1 aliphatic heterocycles. The minimum atomic E-state index is -0.322. The third kappa shape index (κ3) is 3.08. The summed E-state index contributed by atoms with van der Waals surface area (Å²) < 4.78 is 1.77. The quantitative estimate of drug-likeness (QED) is 0.779. The standard InChI is InChI=1S/C10H13N5O2S2/c16-8(11-7-3-4-18-9(7)17)5-19-10-12-13-14-15(10)6-1-2-6/h6-7H,1-5H2,(H,11,16). The number of carbonyl (C=O) groups excluding carboxylic acids is 2. The Morgan fingerprint density at radius 3 is 3.00 bits per heavy atom. The lowest BCUT2D eigenvalue weighted by Crippen LogP contribution is -2.38.